The lowest BCUT2D eigenvalue weighted by Gasteiger charge is -2.19. The Kier molecular flexibility index (Phi) is 6.08. The summed E-state index contributed by atoms with van der Waals surface area (Å²) in [6, 6.07) is 10.4. The SMILES string of the molecule is CC(CCc1ccccc1)NC(CO)CO. The monoisotopic (exact) mass is 223 g/mol. The van der Waals surface area contributed by atoms with Crippen LogP contribution in [0.4, 0.5) is 0 Å². The minimum Gasteiger partial charge on any atom is -0.395 e. The Labute approximate surface area is 97.1 Å². The topological polar surface area (TPSA) is 52.5 Å². The number of nitrogens with one attached hydrogen (secondary N) is 1. The molecule has 1 unspecified atom stereocenters. The average Bonchev–Trinajstić information content (AvgIpc) is 2.34. The van der Waals surface area contributed by atoms with E-state index in [0.29, 0.717) is 6.04 Å². The number of aliphatic hydroxyl groups excluding tert-OH is 2. The summed E-state index contributed by atoms with van der Waals surface area (Å²) in [7, 11) is 0. The third-order valence-electron chi connectivity index (χ3n) is 2.67. The largest absolute Gasteiger partial charge is 0.395 e. The van der Waals surface area contributed by atoms with Gasteiger partial charge in [-0.05, 0) is 25.3 Å². The van der Waals surface area contributed by atoms with Crippen LogP contribution in [0.25, 0.3) is 0 Å². The Hall–Kier alpha value is -0.900. The van der Waals surface area contributed by atoms with Gasteiger partial charge in [0.15, 0.2) is 0 Å². The van der Waals surface area contributed by atoms with E-state index in [2.05, 4.69) is 24.4 Å². The third-order valence-corrected chi connectivity index (χ3v) is 2.67. The molecule has 0 aliphatic heterocycles. The first-order valence-electron chi connectivity index (χ1n) is 5.78. The van der Waals surface area contributed by atoms with E-state index < -0.39 is 0 Å². The summed E-state index contributed by atoms with van der Waals surface area (Å²) in [6.45, 7) is 2.03. The highest BCUT2D eigenvalue weighted by Gasteiger charge is 2.09. The summed E-state index contributed by atoms with van der Waals surface area (Å²) in [5.74, 6) is 0. The molecule has 0 saturated carbocycles. The highest BCUT2D eigenvalue weighted by atomic mass is 16.3. The van der Waals surface area contributed by atoms with Crippen molar-refractivity contribution >= 4 is 0 Å². The predicted molar refractivity (Wildman–Crippen MR) is 65.3 cm³/mol. The van der Waals surface area contributed by atoms with Gasteiger partial charge in [0.05, 0.1) is 19.3 Å². The van der Waals surface area contributed by atoms with Crippen molar-refractivity contribution in [2.75, 3.05) is 13.2 Å². The molecule has 0 amide bonds. The Morgan fingerprint density at radius 3 is 2.31 bits per heavy atom. The van der Waals surface area contributed by atoms with E-state index in [1.165, 1.54) is 5.56 Å². The zero-order valence-corrected chi connectivity index (χ0v) is 9.76. The summed E-state index contributed by atoms with van der Waals surface area (Å²) in [4.78, 5) is 0. The summed E-state index contributed by atoms with van der Waals surface area (Å²) in [5, 5.41) is 21.1. The van der Waals surface area contributed by atoms with Gasteiger partial charge in [0.2, 0.25) is 0 Å². The minimum atomic E-state index is -0.203. The number of hydrogen-bond donors (Lipinski definition) is 3. The molecule has 0 aromatic heterocycles. The zero-order chi connectivity index (χ0) is 11.8. The molecule has 3 heteroatoms. The molecule has 90 valence electrons. The summed E-state index contributed by atoms with van der Waals surface area (Å²) < 4.78 is 0. The second kappa shape index (κ2) is 7.39. The van der Waals surface area contributed by atoms with Crippen LogP contribution in [0.3, 0.4) is 0 Å². The lowest BCUT2D eigenvalue weighted by Crippen LogP contribution is -2.41. The maximum Gasteiger partial charge on any atom is 0.0607 e. The number of rotatable bonds is 7. The fourth-order valence-corrected chi connectivity index (χ4v) is 1.68. The summed E-state index contributed by atoms with van der Waals surface area (Å²) in [5.41, 5.74) is 1.32. The van der Waals surface area contributed by atoms with Crippen molar-refractivity contribution in [1.82, 2.24) is 5.32 Å². The lowest BCUT2D eigenvalue weighted by molar-refractivity contribution is 0.162. The summed E-state index contributed by atoms with van der Waals surface area (Å²) >= 11 is 0. The third kappa shape index (κ3) is 4.75. The van der Waals surface area contributed by atoms with Gasteiger partial charge in [0.25, 0.3) is 0 Å². The van der Waals surface area contributed by atoms with E-state index in [1.54, 1.807) is 0 Å². The number of benzene rings is 1. The van der Waals surface area contributed by atoms with Gasteiger partial charge < -0.3 is 15.5 Å². The van der Waals surface area contributed by atoms with Crippen LogP contribution in [0, 0.1) is 0 Å². The van der Waals surface area contributed by atoms with Crippen molar-refractivity contribution in [3.05, 3.63) is 35.9 Å². The van der Waals surface area contributed by atoms with E-state index in [0.717, 1.165) is 12.8 Å². The van der Waals surface area contributed by atoms with Crippen molar-refractivity contribution in [2.24, 2.45) is 0 Å². The Morgan fingerprint density at radius 2 is 1.75 bits per heavy atom. The average molecular weight is 223 g/mol. The molecular weight excluding hydrogens is 202 g/mol. The number of aliphatic hydroxyl groups is 2. The van der Waals surface area contributed by atoms with E-state index in [4.69, 9.17) is 10.2 Å². The van der Waals surface area contributed by atoms with Crippen LogP contribution in [0.15, 0.2) is 30.3 Å². The van der Waals surface area contributed by atoms with Crippen molar-refractivity contribution in [3.8, 4) is 0 Å². The molecule has 0 saturated heterocycles. The molecule has 0 aliphatic carbocycles. The van der Waals surface area contributed by atoms with Gasteiger partial charge in [-0.25, -0.2) is 0 Å². The van der Waals surface area contributed by atoms with Gasteiger partial charge in [0.1, 0.15) is 0 Å². The molecule has 0 heterocycles. The predicted octanol–water partition coefficient (Wildman–Crippen LogP) is 0.950. The van der Waals surface area contributed by atoms with Crippen molar-refractivity contribution in [3.63, 3.8) is 0 Å². The Morgan fingerprint density at radius 1 is 1.12 bits per heavy atom. The molecule has 0 aliphatic rings. The van der Waals surface area contributed by atoms with Gasteiger partial charge in [-0.1, -0.05) is 30.3 Å². The standard InChI is InChI=1S/C13H21NO2/c1-11(14-13(9-15)10-16)7-8-12-5-3-2-4-6-12/h2-6,11,13-16H,7-10H2,1H3. The maximum atomic E-state index is 8.94. The molecule has 0 fully saturated rings. The smallest absolute Gasteiger partial charge is 0.0607 e. The first-order chi connectivity index (χ1) is 7.76. The highest BCUT2D eigenvalue weighted by molar-refractivity contribution is 5.14. The quantitative estimate of drug-likeness (QED) is 0.645. The number of aryl methyl sites for hydroxylation is 1. The lowest BCUT2D eigenvalue weighted by atomic mass is 10.1. The molecular formula is C13H21NO2. The normalized spacial score (nSPS) is 13.0. The maximum absolute atomic E-state index is 8.94. The first kappa shape index (κ1) is 13.2. The van der Waals surface area contributed by atoms with E-state index in [9.17, 15) is 0 Å². The molecule has 0 spiro atoms. The van der Waals surface area contributed by atoms with Gasteiger partial charge in [-0.2, -0.15) is 0 Å². The second-order valence-corrected chi connectivity index (χ2v) is 4.15. The van der Waals surface area contributed by atoms with Crippen molar-refractivity contribution in [1.29, 1.82) is 0 Å². The fourth-order valence-electron chi connectivity index (χ4n) is 1.68. The molecule has 1 aromatic carbocycles. The first-order valence-corrected chi connectivity index (χ1v) is 5.78. The van der Waals surface area contributed by atoms with Gasteiger partial charge >= 0.3 is 0 Å². The van der Waals surface area contributed by atoms with E-state index >= 15 is 0 Å². The minimum absolute atomic E-state index is 0.0216. The van der Waals surface area contributed by atoms with Gasteiger partial charge in [-0.3, -0.25) is 0 Å². The van der Waals surface area contributed by atoms with Gasteiger partial charge in [-0.15, -0.1) is 0 Å². The number of hydrogen-bond acceptors (Lipinski definition) is 3. The molecule has 0 radical (unpaired) electrons. The molecule has 0 bridgehead atoms. The summed E-state index contributed by atoms with van der Waals surface area (Å²) in [6.07, 6.45) is 2.01. The van der Waals surface area contributed by atoms with Crippen LogP contribution in [0.2, 0.25) is 0 Å². The second-order valence-electron chi connectivity index (χ2n) is 4.15. The fraction of sp³-hybridized carbons (Fsp3) is 0.538. The Bertz CT molecular complexity index is 273. The zero-order valence-electron chi connectivity index (χ0n) is 9.76. The highest BCUT2D eigenvalue weighted by Crippen LogP contribution is 2.05. The molecule has 1 aromatic rings. The van der Waals surface area contributed by atoms with Crippen molar-refractivity contribution in [2.45, 2.75) is 31.8 Å². The molecule has 1 atom stereocenters. The molecule has 1 rings (SSSR count). The Balaban J connectivity index is 2.27. The molecule has 3 N–H and O–H groups in total. The van der Waals surface area contributed by atoms with Crippen LogP contribution in [0.5, 0.6) is 0 Å². The van der Waals surface area contributed by atoms with Crippen LogP contribution in [-0.2, 0) is 6.42 Å². The van der Waals surface area contributed by atoms with E-state index in [1.807, 2.05) is 18.2 Å². The molecule has 3 nitrogen and oxygen atoms in total. The van der Waals surface area contributed by atoms with Crippen LogP contribution < -0.4 is 5.32 Å². The van der Waals surface area contributed by atoms with Crippen molar-refractivity contribution < 1.29 is 10.2 Å². The van der Waals surface area contributed by atoms with E-state index in [-0.39, 0.29) is 19.3 Å². The van der Waals surface area contributed by atoms with Crippen LogP contribution in [-0.4, -0.2) is 35.5 Å². The molecule has 16 heavy (non-hydrogen) atoms. The van der Waals surface area contributed by atoms with Gasteiger partial charge in [0, 0.05) is 6.04 Å². The van der Waals surface area contributed by atoms with Crippen LogP contribution in [0.1, 0.15) is 18.9 Å². The van der Waals surface area contributed by atoms with Crippen LogP contribution >= 0.6 is 0 Å².